The number of methoxy groups -OCH3 is 2. The van der Waals surface area contributed by atoms with E-state index in [9.17, 15) is 9.59 Å². The number of halogens is 1. The van der Waals surface area contributed by atoms with Gasteiger partial charge in [0, 0.05) is 16.5 Å². The molecule has 1 aliphatic heterocycles. The fourth-order valence-electron chi connectivity index (χ4n) is 3.28. The number of hydrogen-bond acceptors (Lipinski definition) is 7. The molecule has 2 aromatic carbocycles. The average Bonchev–Trinajstić information content (AvgIpc) is 2.81. The molecule has 0 aliphatic carbocycles. The van der Waals surface area contributed by atoms with Gasteiger partial charge in [0.2, 0.25) is 5.91 Å². The zero-order valence-electron chi connectivity index (χ0n) is 18.3. The van der Waals surface area contributed by atoms with Crippen molar-refractivity contribution in [3.8, 4) is 17.2 Å². The van der Waals surface area contributed by atoms with Crippen LogP contribution in [0.2, 0.25) is 5.02 Å². The number of rotatable bonds is 9. The van der Waals surface area contributed by atoms with Crippen molar-refractivity contribution in [1.29, 1.82) is 0 Å². The van der Waals surface area contributed by atoms with Gasteiger partial charge in [-0.25, -0.2) is 0 Å². The van der Waals surface area contributed by atoms with Crippen molar-refractivity contribution in [3.05, 3.63) is 47.0 Å². The number of morpholine rings is 1. The monoisotopic (exact) mass is 479 g/mol. The summed E-state index contributed by atoms with van der Waals surface area (Å²) in [6.07, 6.45) is -0.283. The van der Waals surface area contributed by atoms with Gasteiger partial charge >= 0.3 is 0 Å². The Balaban J connectivity index is 1.53. The van der Waals surface area contributed by atoms with Crippen LogP contribution in [0.25, 0.3) is 0 Å². The molecule has 1 fully saturated rings. The lowest BCUT2D eigenvalue weighted by molar-refractivity contribution is -0.137. The molecular weight excluding hydrogens is 454 g/mol. The smallest absolute Gasteiger partial charge is 0.233 e. The quantitative estimate of drug-likeness (QED) is 0.398. The summed E-state index contributed by atoms with van der Waals surface area (Å²) in [6, 6.07) is 10.5. The standard InChI is InChI=1S/C23H26ClNO6S/c1-15(26)19-10-16(24)4-6-20(19)31-13-17-12-25(8-9-30-17)23(27)14-32-18-5-7-21(28-2)22(11-18)29-3/h4-7,10-11,17H,8-9,12-14H2,1-3H3. The summed E-state index contributed by atoms with van der Waals surface area (Å²) in [5.41, 5.74) is 0.424. The molecule has 1 atom stereocenters. The topological polar surface area (TPSA) is 74.3 Å². The minimum atomic E-state index is -0.283. The van der Waals surface area contributed by atoms with Gasteiger partial charge in [-0.2, -0.15) is 0 Å². The van der Waals surface area contributed by atoms with Crippen molar-refractivity contribution in [2.24, 2.45) is 0 Å². The molecule has 9 heteroatoms. The second-order valence-corrected chi connectivity index (χ2v) is 8.63. The van der Waals surface area contributed by atoms with Crippen LogP contribution in [0.3, 0.4) is 0 Å². The van der Waals surface area contributed by atoms with E-state index in [1.54, 1.807) is 37.3 Å². The lowest BCUT2D eigenvalue weighted by atomic mass is 10.1. The van der Waals surface area contributed by atoms with Crippen LogP contribution in [0.5, 0.6) is 17.2 Å². The van der Waals surface area contributed by atoms with Crippen LogP contribution < -0.4 is 14.2 Å². The third-order valence-electron chi connectivity index (χ3n) is 4.95. The van der Waals surface area contributed by atoms with Crippen LogP contribution in [-0.4, -0.2) is 69.0 Å². The molecule has 32 heavy (non-hydrogen) atoms. The zero-order chi connectivity index (χ0) is 23.1. The number of nitrogens with zero attached hydrogens (tertiary/aromatic N) is 1. The predicted octanol–water partition coefficient (Wildman–Crippen LogP) is 3.96. The first kappa shape index (κ1) is 24.2. The van der Waals surface area contributed by atoms with Gasteiger partial charge in [-0.3, -0.25) is 9.59 Å². The van der Waals surface area contributed by atoms with Crippen molar-refractivity contribution in [2.75, 3.05) is 46.3 Å². The summed E-state index contributed by atoms with van der Waals surface area (Å²) in [5.74, 6) is 1.92. The number of hydrogen-bond donors (Lipinski definition) is 0. The summed E-state index contributed by atoms with van der Waals surface area (Å²) in [7, 11) is 3.16. The number of Topliss-reactive ketones (excluding diaryl/α,β-unsaturated/α-hetero) is 1. The zero-order valence-corrected chi connectivity index (χ0v) is 19.8. The minimum absolute atomic E-state index is 0.0222. The molecular formula is C23H26ClNO6S. The van der Waals surface area contributed by atoms with Crippen LogP contribution in [0.1, 0.15) is 17.3 Å². The number of thioether (sulfide) groups is 1. The van der Waals surface area contributed by atoms with E-state index in [0.29, 0.717) is 53.3 Å². The number of carbonyl (C=O) groups is 2. The fourth-order valence-corrected chi connectivity index (χ4v) is 4.27. The number of ether oxygens (including phenoxy) is 4. The lowest BCUT2D eigenvalue weighted by Crippen LogP contribution is -2.48. The summed E-state index contributed by atoms with van der Waals surface area (Å²) < 4.78 is 22.1. The highest BCUT2D eigenvalue weighted by Gasteiger charge is 2.25. The third kappa shape index (κ3) is 6.31. The fraction of sp³-hybridized carbons (Fsp3) is 0.391. The first-order chi connectivity index (χ1) is 15.4. The largest absolute Gasteiger partial charge is 0.493 e. The van der Waals surface area contributed by atoms with E-state index in [2.05, 4.69) is 0 Å². The maximum absolute atomic E-state index is 12.7. The van der Waals surface area contributed by atoms with E-state index in [-0.39, 0.29) is 24.4 Å². The molecule has 172 valence electrons. The Morgan fingerprint density at radius 3 is 2.59 bits per heavy atom. The van der Waals surface area contributed by atoms with Gasteiger partial charge in [-0.05, 0) is 43.3 Å². The molecule has 1 saturated heterocycles. The molecule has 0 N–H and O–H groups in total. The third-order valence-corrected chi connectivity index (χ3v) is 6.17. The lowest BCUT2D eigenvalue weighted by Gasteiger charge is -2.33. The van der Waals surface area contributed by atoms with Gasteiger partial charge in [0.15, 0.2) is 17.3 Å². The summed E-state index contributed by atoms with van der Waals surface area (Å²) in [4.78, 5) is 27.3. The highest BCUT2D eigenvalue weighted by Crippen LogP contribution is 2.32. The van der Waals surface area contributed by atoms with Gasteiger partial charge in [-0.15, -0.1) is 11.8 Å². The normalized spacial score (nSPS) is 15.9. The van der Waals surface area contributed by atoms with Crippen LogP contribution in [-0.2, 0) is 9.53 Å². The summed E-state index contributed by atoms with van der Waals surface area (Å²) in [6.45, 7) is 3.08. The molecule has 0 saturated carbocycles. The Labute approximate surface area is 196 Å². The minimum Gasteiger partial charge on any atom is -0.493 e. The average molecular weight is 480 g/mol. The SMILES string of the molecule is COc1ccc(SCC(=O)N2CCOC(COc3ccc(Cl)cc3C(C)=O)C2)cc1OC. The van der Waals surface area contributed by atoms with Gasteiger partial charge in [-0.1, -0.05) is 11.6 Å². The van der Waals surface area contributed by atoms with E-state index < -0.39 is 0 Å². The Hall–Kier alpha value is -2.42. The van der Waals surface area contributed by atoms with Crippen LogP contribution in [0.4, 0.5) is 0 Å². The maximum Gasteiger partial charge on any atom is 0.233 e. The maximum atomic E-state index is 12.7. The van der Waals surface area contributed by atoms with Gasteiger partial charge in [0.1, 0.15) is 18.5 Å². The van der Waals surface area contributed by atoms with E-state index in [0.717, 1.165) is 4.90 Å². The Morgan fingerprint density at radius 2 is 1.88 bits per heavy atom. The molecule has 0 aromatic heterocycles. The summed E-state index contributed by atoms with van der Waals surface area (Å²) >= 11 is 7.42. The van der Waals surface area contributed by atoms with Crippen molar-refractivity contribution in [3.63, 3.8) is 0 Å². The van der Waals surface area contributed by atoms with Crippen LogP contribution in [0, 0.1) is 0 Å². The van der Waals surface area contributed by atoms with E-state index >= 15 is 0 Å². The molecule has 1 unspecified atom stereocenters. The van der Waals surface area contributed by atoms with Gasteiger partial charge < -0.3 is 23.8 Å². The van der Waals surface area contributed by atoms with Crippen LogP contribution in [0.15, 0.2) is 41.3 Å². The number of amides is 1. The Bertz CT molecular complexity index is 969. The highest BCUT2D eigenvalue weighted by molar-refractivity contribution is 8.00. The highest BCUT2D eigenvalue weighted by atomic mass is 35.5. The summed E-state index contributed by atoms with van der Waals surface area (Å²) in [5, 5.41) is 0.472. The van der Waals surface area contributed by atoms with Crippen molar-refractivity contribution in [1.82, 2.24) is 4.90 Å². The molecule has 1 aliphatic rings. The molecule has 7 nitrogen and oxygen atoms in total. The second-order valence-electron chi connectivity index (χ2n) is 7.15. The van der Waals surface area contributed by atoms with Crippen molar-refractivity contribution >= 4 is 35.1 Å². The number of ketones is 1. The molecule has 0 radical (unpaired) electrons. The molecule has 1 heterocycles. The second kappa shape index (κ2) is 11.4. The van der Waals surface area contributed by atoms with Gasteiger partial charge in [0.05, 0.1) is 38.7 Å². The molecule has 2 aromatic rings. The molecule has 0 bridgehead atoms. The van der Waals surface area contributed by atoms with Crippen LogP contribution >= 0.6 is 23.4 Å². The van der Waals surface area contributed by atoms with E-state index in [4.69, 9.17) is 30.5 Å². The first-order valence-corrected chi connectivity index (χ1v) is 11.4. The van der Waals surface area contributed by atoms with E-state index in [1.807, 2.05) is 18.2 Å². The molecule has 0 spiro atoms. The Morgan fingerprint density at radius 1 is 1.12 bits per heavy atom. The van der Waals surface area contributed by atoms with Crippen molar-refractivity contribution < 1.29 is 28.5 Å². The number of benzene rings is 2. The molecule has 1 amide bonds. The Kier molecular flexibility index (Phi) is 8.67. The van der Waals surface area contributed by atoms with E-state index in [1.165, 1.54) is 18.7 Å². The number of carbonyl (C=O) groups excluding carboxylic acids is 2. The first-order valence-electron chi connectivity index (χ1n) is 10.1. The van der Waals surface area contributed by atoms with Crippen molar-refractivity contribution in [2.45, 2.75) is 17.9 Å². The molecule has 3 rings (SSSR count). The van der Waals surface area contributed by atoms with Gasteiger partial charge in [0.25, 0.3) is 0 Å². The predicted molar refractivity (Wildman–Crippen MR) is 124 cm³/mol.